The summed E-state index contributed by atoms with van der Waals surface area (Å²) in [6.45, 7) is 3.74. The van der Waals surface area contributed by atoms with Crippen molar-refractivity contribution in [2.24, 2.45) is 17.8 Å². The normalized spacial score (nSPS) is 31.8. The molecule has 0 aromatic carbocycles. The van der Waals surface area contributed by atoms with Crippen LogP contribution in [0, 0.1) is 17.8 Å². The number of likely N-dealkylation sites (tertiary alicyclic amines) is 2. The van der Waals surface area contributed by atoms with Gasteiger partial charge in [0.1, 0.15) is 0 Å². The molecule has 2 aliphatic heterocycles. The minimum atomic E-state index is -0.816. The molecule has 1 N–H and O–H groups in total. The van der Waals surface area contributed by atoms with Gasteiger partial charge in [-0.3, -0.25) is 14.4 Å². The Kier molecular flexibility index (Phi) is 4.60. The molecule has 23 heavy (non-hydrogen) atoms. The summed E-state index contributed by atoms with van der Waals surface area (Å²) in [4.78, 5) is 40.1. The number of aliphatic carboxylic acids is 1. The molecular weight excluding hydrogens is 296 g/mol. The van der Waals surface area contributed by atoms with E-state index in [0.717, 1.165) is 38.6 Å². The third-order valence-electron chi connectivity index (χ3n) is 5.60. The van der Waals surface area contributed by atoms with Crippen molar-refractivity contribution in [1.29, 1.82) is 0 Å². The molecule has 6 heteroatoms. The Morgan fingerprint density at radius 3 is 2.26 bits per heavy atom. The highest BCUT2D eigenvalue weighted by Gasteiger charge is 2.41. The molecule has 0 spiro atoms. The van der Waals surface area contributed by atoms with E-state index in [1.54, 1.807) is 4.90 Å². The number of carboxylic acid groups (broad SMARTS) is 1. The van der Waals surface area contributed by atoms with Crippen molar-refractivity contribution in [2.75, 3.05) is 19.6 Å². The first-order valence-electron chi connectivity index (χ1n) is 8.81. The third kappa shape index (κ3) is 3.35. The maximum Gasteiger partial charge on any atom is 0.308 e. The lowest BCUT2D eigenvalue weighted by Gasteiger charge is -2.41. The van der Waals surface area contributed by atoms with Crippen molar-refractivity contribution < 1.29 is 19.5 Å². The molecule has 2 saturated heterocycles. The number of carbonyl (C=O) groups excluding carboxylic acids is 2. The van der Waals surface area contributed by atoms with Gasteiger partial charge in [0.2, 0.25) is 11.8 Å². The van der Waals surface area contributed by atoms with Crippen LogP contribution < -0.4 is 0 Å². The maximum atomic E-state index is 12.9. The van der Waals surface area contributed by atoms with Gasteiger partial charge < -0.3 is 14.9 Å². The van der Waals surface area contributed by atoms with Crippen LogP contribution in [0.5, 0.6) is 0 Å². The Morgan fingerprint density at radius 2 is 1.61 bits per heavy atom. The Morgan fingerprint density at radius 1 is 0.913 bits per heavy atom. The van der Waals surface area contributed by atoms with Crippen LogP contribution >= 0.6 is 0 Å². The van der Waals surface area contributed by atoms with E-state index < -0.39 is 11.9 Å². The van der Waals surface area contributed by atoms with Crippen molar-refractivity contribution in [3.8, 4) is 0 Å². The zero-order chi connectivity index (χ0) is 16.6. The Balaban J connectivity index is 1.64. The van der Waals surface area contributed by atoms with Crippen molar-refractivity contribution in [2.45, 2.75) is 51.5 Å². The molecule has 1 unspecified atom stereocenters. The first-order valence-corrected chi connectivity index (χ1v) is 8.81. The van der Waals surface area contributed by atoms with Gasteiger partial charge in [-0.15, -0.1) is 0 Å². The molecule has 0 aromatic heterocycles. The average molecular weight is 322 g/mol. The largest absolute Gasteiger partial charge is 0.481 e. The number of amides is 2. The predicted octanol–water partition coefficient (Wildman–Crippen LogP) is 1.35. The smallest absolute Gasteiger partial charge is 0.308 e. The highest BCUT2D eigenvalue weighted by Crippen LogP contribution is 2.33. The summed E-state index contributed by atoms with van der Waals surface area (Å²) < 4.78 is 0. The van der Waals surface area contributed by atoms with Crippen molar-refractivity contribution in [1.82, 2.24) is 9.80 Å². The lowest BCUT2D eigenvalue weighted by atomic mass is 9.88. The molecule has 1 aliphatic carbocycles. The van der Waals surface area contributed by atoms with Crippen molar-refractivity contribution >= 4 is 17.8 Å². The molecule has 3 atom stereocenters. The first-order chi connectivity index (χ1) is 11.0. The summed E-state index contributed by atoms with van der Waals surface area (Å²) in [7, 11) is 0. The molecule has 2 amide bonds. The first kappa shape index (κ1) is 16.3. The highest BCUT2D eigenvalue weighted by molar-refractivity contribution is 5.84. The molecule has 0 radical (unpaired) electrons. The molecule has 6 nitrogen and oxygen atoms in total. The van der Waals surface area contributed by atoms with Gasteiger partial charge in [0.15, 0.2) is 0 Å². The van der Waals surface area contributed by atoms with E-state index in [1.807, 2.05) is 11.8 Å². The summed E-state index contributed by atoms with van der Waals surface area (Å²) in [6.07, 6.45) is 5.00. The number of piperidine rings is 2. The van der Waals surface area contributed by atoms with Gasteiger partial charge in [0, 0.05) is 31.6 Å². The summed E-state index contributed by atoms with van der Waals surface area (Å²) in [6, 6.07) is -0.261. The van der Waals surface area contributed by atoms with Crippen LogP contribution in [0.25, 0.3) is 0 Å². The van der Waals surface area contributed by atoms with E-state index in [4.69, 9.17) is 0 Å². The van der Waals surface area contributed by atoms with Gasteiger partial charge in [-0.2, -0.15) is 0 Å². The van der Waals surface area contributed by atoms with Gasteiger partial charge in [0.25, 0.3) is 0 Å². The average Bonchev–Trinajstić information content (AvgIpc) is 3.38. The summed E-state index contributed by atoms with van der Waals surface area (Å²) in [5.74, 6) is -1.02. The number of carboxylic acids is 1. The van der Waals surface area contributed by atoms with Gasteiger partial charge in [-0.05, 0) is 45.4 Å². The quantitative estimate of drug-likeness (QED) is 0.851. The molecule has 3 fully saturated rings. The van der Waals surface area contributed by atoms with Crippen molar-refractivity contribution in [3.63, 3.8) is 0 Å². The van der Waals surface area contributed by atoms with E-state index in [1.165, 1.54) is 0 Å². The lowest BCUT2D eigenvalue weighted by molar-refractivity contribution is -0.151. The highest BCUT2D eigenvalue weighted by atomic mass is 16.4. The van der Waals surface area contributed by atoms with Crippen LogP contribution in [0.3, 0.4) is 0 Å². The Hall–Kier alpha value is -1.59. The van der Waals surface area contributed by atoms with Crippen LogP contribution in [-0.4, -0.2) is 58.4 Å². The van der Waals surface area contributed by atoms with E-state index in [2.05, 4.69) is 0 Å². The third-order valence-corrected chi connectivity index (χ3v) is 5.60. The summed E-state index contributed by atoms with van der Waals surface area (Å²) in [5.41, 5.74) is 0. The van der Waals surface area contributed by atoms with Gasteiger partial charge in [-0.1, -0.05) is 0 Å². The van der Waals surface area contributed by atoms with Crippen LogP contribution in [-0.2, 0) is 14.4 Å². The second kappa shape index (κ2) is 6.49. The van der Waals surface area contributed by atoms with E-state index in [-0.39, 0.29) is 29.7 Å². The number of rotatable bonds is 3. The maximum absolute atomic E-state index is 12.9. The van der Waals surface area contributed by atoms with Gasteiger partial charge in [-0.25, -0.2) is 0 Å². The predicted molar refractivity (Wildman–Crippen MR) is 83.6 cm³/mol. The molecule has 128 valence electrons. The minimum absolute atomic E-state index is 0.0387. The fourth-order valence-electron chi connectivity index (χ4n) is 3.99. The molecule has 1 saturated carbocycles. The fraction of sp³-hybridized carbons (Fsp3) is 0.824. The van der Waals surface area contributed by atoms with Crippen LogP contribution in [0.4, 0.5) is 0 Å². The fourth-order valence-corrected chi connectivity index (χ4v) is 3.99. The van der Waals surface area contributed by atoms with Gasteiger partial charge in [0.05, 0.1) is 11.8 Å². The number of hydrogen-bond acceptors (Lipinski definition) is 3. The lowest BCUT2D eigenvalue weighted by Crippen LogP contribution is -2.53. The van der Waals surface area contributed by atoms with Crippen LogP contribution in [0.1, 0.15) is 45.4 Å². The number of hydrogen-bond donors (Lipinski definition) is 1. The van der Waals surface area contributed by atoms with Crippen molar-refractivity contribution in [3.05, 3.63) is 0 Å². The Labute approximate surface area is 136 Å². The molecule has 0 aromatic rings. The molecular formula is C17H26N2O4. The van der Waals surface area contributed by atoms with E-state index in [0.29, 0.717) is 19.5 Å². The standard InChI is InChI=1S/C17H26N2O4/c1-11-14(17(22)23)5-3-9-19(11)16(21)13-4-2-8-18(10-13)15(20)12-6-7-12/h11-14H,2-10H2,1H3,(H,22,23)/t11-,13?,14-/m1/s1. The van der Waals surface area contributed by atoms with Gasteiger partial charge >= 0.3 is 5.97 Å². The molecule has 3 rings (SSSR count). The van der Waals surface area contributed by atoms with Crippen LogP contribution in [0.2, 0.25) is 0 Å². The van der Waals surface area contributed by atoms with E-state index in [9.17, 15) is 19.5 Å². The molecule has 3 aliphatic rings. The second-order valence-electron chi connectivity index (χ2n) is 7.26. The molecule has 2 heterocycles. The van der Waals surface area contributed by atoms with Crippen LogP contribution in [0.15, 0.2) is 0 Å². The number of nitrogens with zero attached hydrogens (tertiary/aromatic N) is 2. The minimum Gasteiger partial charge on any atom is -0.481 e. The topological polar surface area (TPSA) is 77.9 Å². The molecule has 0 bridgehead atoms. The monoisotopic (exact) mass is 322 g/mol. The summed E-state index contributed by atoms with van der Waals surface area (Å²) in [5, 5.41) is 9.31. The zero-order valence-electron chi connectivity index (χ0n) is 13.7. The SMILES string of the molecule is C[C@@H]1[C@H](C(=O)O)CCCN1C(=O)C1CCCN(C(=O)C2CC2)C1. The van der Waals surface area contributed by atoms with E-state index >= 15 is 0 Å². The second-order valence-corrected chi connectivity index (χ2v) is 7.26. The Bertz CT molecular complexity index is 503. The summed E-state index contributed by atoms with van der Waals surface area (Å²) >= 11 is 0. The number of carbonyl (C=O) groups is 3. The zero-order valence-corrected chi connectivity index (χ0v) is 13.7.